The summed E-state index contributed by atoms with van der Waals surface area (Å²) in [6.45, 7) is 0.141. The summed E-state index contributed by atoms with van der Waals surface area (Å²) in [5, 5.41) is 13.3. The van der Waals surface area contributed by atoms with Gasteiger partial charge in [-0.1, -0.05) is 28.1 Å². The molecular weight excluding hydrogens is 388 g/mol. The third-order valence-electron chi connectivity index (χ3n) is 3.56. The monoisotopic (exact) mass is 400 g/mol. The lowest BCUT2D eigenvalue weighted by atomic mass is 10.2. The minimum Gasteiger partial charge on any atom is -0.455 e. The van der Waals surface area contributed by atoms with E-state index in [4.69, 9.17) is 9.68 Å². The van der Waals surface area contributed by atoms with Crippen molar-refractivity contribution in [2.75, 3.05) is 13.1 Å². The van der Waals surface area contributed by atoms with E-state index in [2.05, 4.69) is 21.0 Å². The Morgan fingerprint density at radius 3 is 2.72 bits per heavy atom. The first-order valence-corrected chi connectivity index (χ1v) is 8.26. The Labute approximate surface area is 152 Å². The first kappa shape index (κ1) is 16.9. The van der Waals surface area contributed by atoms with E-state index in [1.54, 1.807) is 12.1 Å². The van der Waals surface area contributed by atoms with Gasteiger partial charge in [-0.15, -0.1) is 5.01 Å². The molecule has 1 aliphatic rings. The number of nitriles is 1. The molecule has 2 aromatic rings. The minimum absolute atomic E-state index is 0.0693. The molecule has 25 heavy (non-hydrogen) atoms. The molecule has 1 saturated heterocycles. The zero-order chi connectivity index (χ0) is 17.8. The first-order chi connectivity index (χ1) is 12.1. The number of furan rings is 1. The zero-order valence-electron chi connectivity index (χ0n) is 13.1. The molecule has 0 bridgehead atoms. The van der Waals surface area contributed by atoms with Crippen LogP contribution < -0.4 is 0 Å². The molecule has 0 radical (unpaired) electrons. The fraction of sp³-hybridized carbons (Fsp3) is 0.176. The molecule has 0 atom stereocenters. The van der Waals surface area contributed by atoms with Crippen LogP contribution in [0.1, 0.15) is 12.2 Å². The third-order valence-corrected chi connectivity index (χ3v) is 4.09. The van der Waals surface area contributed by atoms with Crippen molar-refractivity contribution in [3.05, 3.63) is 46.6 Å². The number of nitrogens with zero attached hydrogens (tertiary/aromatic N) is 4. The molecule has 0 spiro atoms. The Hall–Kier alpha value is -2.92. The van der Waals surface area contributed by atoms with E-state index in [9.17, 15) is 9.59 Å². The Balaban J connectivity index is 1.70. The predicted octanol–water partition coefficient (Wildman–Crippen LogP) is 3.22. The maximum absolute atomic E-state index is 12.1. The van der Waals surface area contributed by atoms with Gasteiger partial charge in [0.05, 0.1) is 18.7 Å². The second kappa shape index (κ2) is 7.32. The average Bonchev–Trinajstić information content (AvgIpc) is 3.17. The SMILES string of the molecule is N#CCCN1CC(=O)N(/N=C/c2ccc(-c3ccc(Br)cc3)o2)C1=O. The van der Waals surface area contributed by atoms with Gasteiger partial charge in [-0.2, -0.15) is 10.4 Å². The number of imide groups is 1. The molecule has 2 heterocycles. The summed E-state index contributed by atoms with van der Waals surface area (Å²) < 4.78 is 6.63. The molecule has 8 heteroatoms. The molecule has 7 nitrogen and oxygen atoms in total. The average molecular weight is 401 g/mol. The molecule has 1 aromatic heterocycles. The highest BCUT2D eigenvalue weighted by atomic mass is 79.9. The van der Waals surface area contributed by atoms with Crippen LogP contribution in [-0.2, 0) is 4.79 Å². The van der Waals surface area contributed by atoms with Crippen LogP contribution in [0.2, 0.25) is 0 Å². The van der Waals surface area contributed by atoms with Gasteiger partial charge in [0.2, 0.25) is 0 Å². The van der Waals surface area contributed by atoms with Crippen LogP contribution in [0.4, 0.5) is 4.79 Å². The maximum Gasteiger partial charge on any atom is 0.348 e. The predicted molar refractivity (Wildman–Crippen MR) is 93.5 cm³/mol. The van der Waals surface area contributed by atoms with E-state index in [0.717, 1.165) is 15.0 Å². The van der Waals surface area contributed by atoms with E-state index >= 15 is 0 Å². The molecule has 0 saturated carbocycles. The van der Waals surface area contributed by atoms with Crippen LogP contribution in [0.15, 0.2) is 50.4 Å². The number of hydrogen-bond donors (Lipinski definition) is 0. The lowest BCUT2D eigenvalue weighted by Gasteiger charge is -2.11. The molecule has 3 amide bonds. The molecule has 1 aromatic carbocycles. The fourth-order valence-corrected chi connectivity index (χ4v) is 2.58. The molecule has 0 N–H and O–H groups in total. The van der Waals surface area contributed by atoms with Gasteiger partial charge in [0.15, 0.2) is 0 Å². The lowest BCUT2D eigenvalue weighted by molar-refractivity contribution is -0.125. The van der Waals surface area contributed by atoms with Gasteiger partial charge in [0.1, 0.15) is 18.1 Å². The van der Waals surface area contributed by atoms with Crippen molar-refractivity contribution < 1.29 is 14.0 Å². The van der Waals surface area contributed by atoms with Crippen molar-refractivity contribution in [3.8, 4) is 17.4 Å². The van der Waals surface area contributed by atoms with Gasteiger partial charge in [0, 0.05) is 16.6 Å². The number of carbonyl (C=O) groups excluding carboxylic acids is 2. The number of hydrazone groups is 1. The number of hydrogen-bond acceptors (Lipinski definition) is 5. The number of benzene rings is 1. The van der Waals surface area contributed by atoms with Crippen LogP contribution in [0, 0.1) is 11.3 Å². The summed E-state index contributed by atoms with van der Waals surface area (Å²) in [6, 6.07) is 12.5. The number of amides is 3. The molecular formula is C17H13BrN4O3. The summed E-state index contributed by atoms with van der Waals surface area (Å²) in [7, 11) is 0. The van der Waals surface area contributed by atoms with Crippen molar-refractivity contribution in [3.63, 3.8) is 0 Å². The molecule has 1 aliphatic heterocycles. The summed E-state index contributed by atoms with van der Waals surface area (Å²) in [4.78, 5) is 25.2. The summed E-state index contributed by atoms with van der Waals surface area (Å²) in [6.07, 6.45) is 1.50. The highest BCUT2D eigenvalue weighted by Crippen LogP contribution is 2.23. The van der Waals surface area contributed by atoms with E-state index in [1.165, 1.54) is 11.1 Å². The largest absolute Gasteiger partial charge is 0.455 e. The Morgan fingerprint density at radius 2 is 2.00 bits per heavy atom. The van der Waals surface area contributed by atoms with Crippen LogP contribution in [-0.4, -0.2) is 41.2 Å². The number of halogens is 1. The molecule has 0 unspecified atom stereocenters. The molecule has 3 rings (SSSR count). The van der Waals surface area contributed by atoms with Crippen molar-refractivity contribution in [1.29, 1.82) is 5.26 Å². The fourth-order valence-electron chi connectivity index (χ4n) is 2.32. The van der Waals surface area contributed by atoms with E-state index in [1.807, 2.05) is 30.3 Å². The van der Waals surface area contributed by atoms with Gasteiger partial charge in [-0.3, -0.25) is 4.79 Å². The Kier molecular flexibility index (Phi) is 4.95. The molecule has 1 fully saturated rings. The van der Waals surface area contributed by atoms with Crippen LogP contribution in [0.25, 0.3) is 11.3 Å². The maximum atomic E-state index is 12.1. The lowest BCUT2D eigenvalue weighted by Crippen LogP contribution is -2.30. The van der Waals surface area contributed by atoms with Crippen LogP contribution in [0.3, 0.4) is 0 Å². The van der Waals surface area contributed by atoms with E-state index in [-0.39, 0.29) is 19.5 Å². The van der Waals surface area contributed by atoms with Gasteiger partial charge in [0.25, 0.3) is 5.91 Å². The zero-order valence-corrected chi connectivity index (χ0v) is 14.6. The Bertz CT molecular complexity index is 867. The highest BCUT2D eigenvalue weighted by molar-refractivity contribution is 9.10. The van der Waals surface area contributed by atoms with Crippen LogP contribution >= 0.6 is 15.9 Å². The number of rotatable bonds is 5. The van der Waals surface area contributed by atoms with Gasteiger partial charge >= 0.3 is 6.03 Å². The smallest absolute Gasteiger partial charge is 0.348 e. The van der Waals surface area contributed by atoms with Gasteiger partial charge < -0.3 is 9.32 Å². The van der Waals surface area contributed by atoms with E-state index < -0.39 is 11.9 Å². The topological polar surface area (TPSA) is 89.9 Å². The number of urea groups is 1. The molecule has 126 valence electrons. The van der Waals surface area contributed by atoms with Gasteiger partial charge in [-0.25, -0.2) is 4.79 Å². The normalized spacial score (nSPS) is 14.6. The quantitative estimate of drug-likeness (QED) is 0.568. The highest BCUT2D eigenvalue weighted by Gasteiger charge is 2.35. The Morgan fingerprint density at radius 1 is 1.24 bits per heavy atom. The van der Waals surface area contributed by atoms with Gasteiger partial charge in [-0.05, 0) is 24.3 Å². The van der Waals surface area contributed by atoms with Crippen molar-refractivity contribution in [2.24, 2.45) is 5.10 Å². The van der Waals surface area contributed by atoms with Crippen LogP contribution in [0.5, 0.6) is 0 Å². The van der Waals surface area contributed by atoms with Crippen molar-refractivity contribution in [1.82, 2.24) is 9.91 Å². The second-order valence-corrected chi connectivity index (χ2v) is 6.19. The van der Waals surface area contributed by atoms with Crippen molar-refractivity contribution >= 4 is 34.1 Å². The summed E-state index contributed by atoms with van der Waals surface area (Å²) in [5.74, 6) is 0.650. The summed E-state index contributed by atoms with van der Waals surface area (Å²) >= 11 is 3.37. The first-order valence-electron chi connectivity index (χ1n) is 7.47. The second-order valence-electron chi connectivity index (χ2n) is 5.27. The third kappa shape index (κ3) is 3.78. The van der Waals surface area contributed by atoms with Crippen molar-refractivity contribution in [2.45, 2.75) is 6.42 Å². The minimum atomic E-state index is -0.531. The molecule has 0 aliphatic carbocycles. The number of carbonyl (C=O) groups is 2. The summed E-state index contributed by atoms with van der Waals surface area (Å²) in [5.41, 5.74) is 0.902. The van der Waals surface area contributed by atoms with E-state index in [0.29, 0.717) is 11.5 Å². The standard InChI is InChI=1S/C17H13BrN4O3/c18-13-4-2-12(3-5-13)15-7-6-14(25-15)10-20-22-16(23)11-21(17(22)24)9-1-8-19/h2-7,10H,1,9,11H2/b20-10+.